The van der Waals surface area contributed by atoms with Crippen molar-refractivity contribution < 1.29 is 14.3 Å². The Hall–Kier alpha value is -2.26. The average Bonchev–Trinajstić information content (AvgIpc) is 2.58. The van der Waals surface area contributed by atoms with Crippen LogP contribution in [0.3, 0.4) is 0 Å². The molecule has 2 N–H and O–H groups in total. The number of hydrogen-bond donors (Lipinski definition) is 2. The van der Waals surface area contributed by atoms with E-state index in [2.05, 4.69) is 10.6 Å². The van der Waals surface area contributed by atoms with Gasteiger partial charge in [-0.05, 0) is 43.4 Å². The Balaban J connectivity index is 1.69. The number of amides is 2. The van der Waals surface area contributed by atoms with Crippen molar-refractivity contribution in [1.29, 1.82) is 5.26 Å². The summed E-state index contributed by atoms with van der Waals surface area (Å²) < 4.78 is 5.19. The van der Waals surface area contributed by atoms with Crippen molar-refractivity contribution in [3.05, 3.63) is 34.9 Å². The molecule has 0 radical (unpaired) electrons. The zero-order valence-electron chi connectivity index (χ0n) is 13.3. The topological polar surface area (TPSA) is 91.2 Å². The molecule has 1 aliphatic carbocycles. The molecule has 6 nitrogen and oxygen atoms in total. The number of carbonyl (C=O) groups excluding carboxylic acids is 2. The molecule has 0 saturated heterocycles. The highest BCUT2D eigenvalue weighted by Gasteiger charge is 2.27. The van der Waals surface area contributed by atoms with Crippen LogP contribution in [0.4, 0.5) is 4.79 Å². The molecule has 0 bridgehead atoms. The number of nitriles is 1. The average molecular weight is 350 g/mol. The maximum atomic E-state index is 11.8. The highest BCUT2D eigenvalue weighted by Crippen LogP contribution is 2.24. The first kappa shape index (κ1) is 18.1. The molecule has 0 aromatic heterocycles. The van der Waals surface area contributed by atoms with Crippen LogP contribution in [0.5, 0.6) is 0 Å². The largest absolute Gasteiger partial charge is 0.445 e. The van der Waals surface area contributed by atoms with Crippen molar-refractivity contribution in [2.45, 2.75) is 38.3 Å². The number of carbonyl (C=O) groups is 2. The second-order valence-corrected chi connectivity index (χ2v) is 6.21. The minimum Gasteiger partial charge on any atom is -0.445 e. The van der Waals surface area contributed by atoms with E-state index in [1.54, 1.807) is 18.2 Å². The standard InChI is InChI=1S/C17H20ClN3O3/c18-14-3-1-2-12(10-14)11-24-17(23)21-15-6-4-13(5-7-15)16(22)20-9-8-19/h1-3,10,13,15H,4-7,9,11H2,(H,20,22)(H,21,23)/t13-,15+. The summed E-state index contributed by atoms with van der Waals surface area (Å²) in [6.07, 6.45) is 2.35. The molecule has 1 saturated carbocycles. The molecule has 24 heavy (non-hydrogen) atoms. The van der Waals surface area contributed by atoms with Crippen LogP contribution in [0.1, 0.15) is 31.2 Å². The SMILES string of the molecule is N#CCNC(=O)[C@H]1CC[C@@H](NC(=O)OCc2cccc(Cl)c2)CC1. The molecule has 0 heterocycles. The van der Waals surface area contributed by atoms with Crippen LogP contribution < -0.4 is 10.6 Å². The van der Waals surface area contributed by atoms with Crippen molar-refractivity contribution in [3.63, 3.8) is 0 Å². The quantitative estimate of drug-likeness (QED) is 0.799. The lowest BCUT2D eigenvalue weighted by Gasteiger charge is -2.27. The molecule has 1 fully saturated rings. The fourth-order valence-electron chi connectivity index (χ4n) is 2.75. The molecule has 0 spiro atoms. The third kappa shape index (κ3) is 5.74. The van der Waals surface area contributed by atoms with Crippen molar-refractivity contribution in [2.75, 3.05) is 6.54 Å². The van der Waals surface area contributed by atoms with Gasteiger partial charge in [0.1, 0.15) is 13.2 Å². The summed E-state index contributed by atoms with van der Waals surface area (Å²) in [5, 5.41) is 14.5. The molecule has 7 heteroatoms. The highest BCUT2D eigenvalue weighted by atomic mass is 35.5. The predicted octanol–water partition coefficient (Wildman–Crippen LogP) is 2.76. The van der Waals surface area contributed by atoms with Gasteiger partial charge < -0.3 is 15.4 Å². The van der Waals surface area contributed by atoms with Crippen LogP contribution in [0.2, 0.25) is 5.02 Å². The van der Waals surface area contributed by atoms with E-state index in [9.17, 15) is 9.59 Å². The van der Waals surface area contributed by atoms with Gasteiger partial charge in [-0.1, -0.05) is 23.7 Å². The summed E-state index contributed by atoms with van der Waals surface area (Å²) in [5.41, 5.74) is 0.829. The van der Waals surface area contributed by atoms with Crippen LogP contribution in [0.25, 0.3) is 0 Å². The van der Waals surface area contributed by atoms with Crippen LogP contribution in [-0.4, -0.2) is 24.6 Å². The lowest BCUT2D eigenvalue weighted by Crippen LogP contribution is -2.41. The van der Waals surface area contributed by atoms with E-state index in [1.807, 2.05) is 12.1 Å². The van der Waals surface area contributed by atoms with Gasteiger partial charge in [0.2, 0.25) is 5.91 Å². The van der Waals surface area contributed by atoms with Gasteiger partial charge in [-0.15, -0.1) is 0 Å². The number of nitrogens with one attached hydrogen (secondary N) is 2. The Kier molecular flexibility index (Phi) is 6.89. The molecule has 1 aliphatic rings. The van der Waals surface area contributed by atoms with Gasteiger partial charge in [0.25, 0.3) is 0 Å². The first-order chi connectivity index (χ1) is 11.6. The fourth-order valence-corrected chi connectivity index (χ4v) is 2.97. The monoisotopic (exact) mass is 349 g/mol. The number of benzene rings is 1. The predicted molar refractivity (Wildman–Crippen MR) is 89.1 cm³/mol. The van der Waals surface area contributed by atoms with Crippen molar-refractivity contribution in [2.24, 2.45) is 5.92 Å². The summed E-state index contributed by atoms with van der Waals surface area (Å²) in [6.45, 7) is 0.200. The van der Waals surface area contributed by atoms with Crippen LogP contribution in [0, 0.1) is 17.2 Å². The molecular weight excluding hydrogens is 330 g/mol. The molecule has 1 aromatic rings. The number of nitrogens with zero attached hydrogens (tertiary/aromatic N) is 1. The van der Waals surface area contributed by atoms with Crippen molar-refractivity contribution in [3.8, 4) is 6.07 Å². The highest BCUT2D eigenvalue weighted by molar-refractivity contribution is 6.30. The van der Waals surface area contributed by atoms with Crippen LogP contribution >= 0.6 is 11.6 Å². The first-order valence-electron chi connectivity index (χ1n) is 7.91. The third-order valence-corrected chi connectivity index (χ3v) is 4.26. The Morgan fingerprint density at radius 1 is 1.29 bits per heavy atom. The summed E-state index contributed by atoms with van der Waals surface area (Å²) in [4.78, 5) is 23.6. The molecule has 0 atom stereocenters. The van der Waals surface area contributed by atoms with E-state index in [4.69, 9.17) is 21.6 Å². The summed E-state index contributed by atoms with van der Waals surface area (Å²) in [6, 6.07) is 9.05. The van der Waals surface area contributed by atoms with E-state index in [0.717, 1.165) is 18.4 Å². The van der Waals surface area contributed by atoms with E-state index >= 15 is 0 Å². The zero-order chi connectivity index (χ0) is 17.4. The van der Waals surface area contributed by atoms with E-state index in [1.165, 1.54) is 0 Å². The smallest absolute Gasteiger partial charge is 0.407 e. The molecule has 0 aliphatic heterocycles. The number of ether oxygens (including phenoxy) is 1. The van der Waals surface area contributed by atoms with Gasteiger partial charge in [0, 0.05) is 17.0 Å². The zero-order valence-corrected chi connectivity index (χ0v) is 14.0. The van der Waals surface area contributed by atoms with Gasteiger partial charge in [-0.25, -0.2) is 4.79 Å². The lowest BCUT2D eigenvalue weighted by molar-refractivity contribution is -0.125. The number of hydrogen-bond acceptors (Lipinski definition) is 4. The number of halogens is 1. The number of alkyl carbamates (subject to hydrolysis) is 1. The normalized spacial score (nSPS) is 19.8. The first-order valence-corrected chi connectivity index (χ1v) is 8.28. The van der Waals surface area contributed by atoms with Gasteiger partial charge >= 0.3 is 6.09 Å². The summed E-state index contributed by atoms with van der Waals surface area (Å²) >= 11 is 5.88. The van der Waals surface area contributed by atoms with Crippen LogP contribution in [0.15, 0.2) is 24.3 Å². The van der Waals surface area contributed by atoms with Crippen molar-refractivity contribution >= 4 is 23.6 Å². The molecule has 128 valence electrons. The molecular formula is C17H20ClN3O3. The Labute approximate surface area is 146 Å². The maximum absolute atomic E-state index is 11.8. The van der Waals surface area contributed by atoms with Gasteiger partial charge in [-0.3, -0.25) is 4.79 Å². The molecule has 0 unspecified atom stereocenters. The minimum absolute atomic E-state index is 0.0110. The lowest BCUT2D eigenvalue weighted by atomic mass is 9.85. The van der Waals surface area contributed by atoms with Crippen LogP contribution in [-0.2, 0) is 16.1 Å². The van der Waals surface area contributed by atoms with Crippen molar-refractivity contribution in [1.82, 2.24) is 10.6 Å². The minimum atomic E-state index is -0.465. The van der Waals surface area contributed by atoms with Gasteiger partial charge in [0.05, 0.1) is 6.07 Å². The maximum Gasteiger partial charge on any atom is 0.407 e. The fraction of sp³-hybridized carbons (Fsp3) is 0.471. The summed E-state index contributed by atoms with van der Waals surface area (Å²) in [5.74, 6) is -0.169. The Bertz CT molecular complexity index is 622. The Morgan fingerprint density at radius 2 is 2.04 bits per heavy atom. The van der Waals surface area contributed by atoms with Gasteiger partial charge in [0.15, 0.2) is 0 Å². The third-order valence-electron chi connectivity index (χ3n) is 4.02. The van der Waals surface area contributed by atoms with E-state index < -0.39 is 6.09 Å². The van der Waals surface area contributed by atoms with Gasteiger partial charge in [-0.2, -0.15) is 5.26 Å². The molecule has 2 rings (SSSR count). The summed E-state index contributed by atoms with van der Waals surface area (Å²) in [7, 11) is 0. The second kappa shape index (κ2) is 9.14. The molecule has 2 amide bonds. The number of rotatable bonds is 5. The van der Waals surface area contributed by atoms with E-state index in [0.29, 0.717) is 17.9 Å². The second-order valence-electron chi connectivity index (χ2n) is 5.77. The van der Waals surface area contributed by atoms with E-state index in [-0.39, 0.29) is 31.0 Å². The Morgan fingerprint density at radius 3 is 2.71 bits per heavy atom. The molecule has 1 aromatic carbocycles.